The predicted octanol–water partition coefficient (Wildman–Crippen LogP) is 2.79. The van der Waals surface area contributed by atoms with Crippen LogP contribution in [-0.4, -0.2) is 23.7 Å². The van der Waals surface area contributed by atoms with E-state index in [1.54, 1.807) is 6.08 Å². The van der Waals surface area contributed by atoms with E-state index in [-0.39, 0.29) is 12.3 Å². The van der Waals surface area contributed by atoms with Crippen LogP contribution >= 0.6 is 0 Å². The monoisotopic (exact) mass is 325 g/mol. The molecule has 7 heteroatoms. The molecule has 1 N–H and O–H groups in total. The summed E-state index contributed by atoms with van der Waals surface area (Å²) in [6.07, 6.45) is 5.01. The number of non-ortho nitro benzene ring substituents is 1. The Morgan fingerprint density at radius 1 is 1.17 bits per heavy atom. The Morgan fingerprint density at radius 3 is 2.54 bits per heavy atom. The minimum atomic E-state index is -0.506. The van der Waals surface area contributed by atoms with Gasteiger partial charge < -0.3 is 4.74 Å². The van der Waals surface area contributed by atoms with E-state index in [0.717, 1.165) is 5.56 Å². The van der Waals surface area contributed by atoms with E-state index in [1.165, 1.54) is 30.5 Å². The number of ether oxygens (including phenoxy) is 1. The Morgan fingerprint density at radius 2 is 1.88 bits per heavy atom. The summed E-state index contributed by atoms with van der Waals surface area (Å²) >= 11 is 0. The highest BCUT2D eigenvalue weighted by Gasteiger charge is 2.05. The molecule has 0 unspecified atom stereocenters. The number of rotatable bonds is 7. The highest BCUT2D eigenvalue weighted by atomic mass is 16.6. The SMILES string of the molecule is O=C(COc1ccc([N+](=O)[O-])cc1)N/N=C\C=C\c1ccccc1. The summed E-state index contributed by atoms with van der Waals surface area (Å²) in [4.78, 5) is 21.6. The molecule has 7 nitrogen and oxygen atoms in total. The molecule has 0 saturated heterocycles. The molecule has 0 aliphatic heterocycles. The van der Waals surface area contributed by atoms with Crippen molar-refractivity contribution in [1.29, 1.82) is 0 Å². The number of allylic oxidation sites excluding steroid dienone is 1. The lowest BCUT2D eigenvalue weighted by Gasteiger charge is -2.04. The predicted molar refractivity (Wildman–Crippen MR) is 90.7 cm³/mol. The average Bonchev–Trinajstić information content (AvgIpc) is 2.61. The number of benzene rings is 2. The molecule has 0 fully saturated rings. The first-order chi connectivity index (χ1) is 11.6. The number of nitro groups is 1. The molecule has 24 heavy (non-hydrogen) atoms. The van der Waals surface area contributed by atoms with E-state index < -0.39 is 10.8 Å². The van der Waals surface area contributed by atoms with Gasteiger partial charge in [-0.2, -0.15) is 5.10 Å². The Kier molecular flexibility index (Phi) is 6.22. The van der Waals surface area contributed by atoms with Gasteiger partial charge in [-0.05, 0) is 23.8 Å². The zero-order chi connectivity index (χ0) is 17.2. The maximum absolute atomic E-state index is 11.5. The third-order valence-corrected chi connectivity index (χ3v) is 2.86. The second-order valence-electron chi connectivity index (χ2n) is 4.62. The van der Waals surface area contributed by atoms with Crippen LogP contribution in [0.2, 0.25) is 0 Å². The number of carbonyl (C=O) groups excluding carboxylic acids is 1. The van der Waals surface area contributed by atoms with Gasteiger partial charge in [0.1, 0.15) is 5.75 Å². The summed E-state index contributed by atoms with van der Waals surface area (Å²) in [5.74, 6) is -0.0681. The van der Waals surface area contributed by atoms with Crippen molar-refractivity contribution in [2.24, 2.45) is 5.10 Å². The summed E-state index contributed by atoms with van der Waals surface area (Å²) in [6, 6.07) is 15.1. The molecular weight excluding hydrogens is 310 g/mol. The zero-order valence-corrected chi connectivity index (χ0v) is 12.7. The number of hydrogen-bond donors (Lipinski definition) is 1. The van der Waals surface area contributed by atoms with E-state index in [0.29, 0.717) is 5.75 Å². The highest BCUT2D eigenvalue weighted by Crippen LogP contribution is 2.16. The second kappa shape index (κ2) is 8.84. The van der Waals surface area contributed by atoms with Gasteiger partial charge in [-0.15, -0.1) is 0 Å². The van der Waals surface area contributed by atoms with Crippen LogP contribution in [0.5, 0.6) is 5.75 Å². The van der Waals surface area contributed by atoms with E-state index >= 15 is 0 Å². The number of nitro benzene ring substituents is 1. The summed E-state index contributed by atoms with van der Waals surface area (Å²) in [5, 5.41) is 14.3. The normalized spacial score (nSPS) is 10.8. The molecule has 0 aliphatic rings. The second-order valence-corrected chi connectivity index (χ2v) is 4.62. The minimum Gasteiger partial charge on any atom is -0.484 e. The first-order valence-corrected chi connectivity index (χ1v) is 7.06. The topological polar surface area (TPSA) is 93.8 Å². The fourth-order valence-electron chi connectivity index (χ4n) is 1.72. The van der Waals surface area contributed by atoms with E-state index in [9.17, 15) is 14.9 Å². The number of nitrogens with zero attached hydrogens (tertiary/aromatic N) is 2. The van der Waals surface area contributed by atoms with Crippen molar-refractivity contribution in [2.75, 3.05) is 6.61 Å². The molecule has 0 aromatic heterocycles. The zero-order valence-electron chi connectivity index (χ0n) is 12.7. The van der Waals surface area contributed by atoms with Crippen molar-refractivity contribution in [3.8, 4) is 5.75 Å². The quantitative estimate of drug-likeness (QED) is 0.481. The van der Waals surface area contributed by atoms with Gasteiger partial charge in [0.2, 0.25) is 0 Å². The van der Waals surface area contributed by atoms with Gasteiger partial charge in [0.25, 0.3) is 11.6 Å². The average molecular weight is 325 g/mol. The molecule has 1 amide bonds. The molecular formula is C17H15N3O4. The number of amides is 1. The number of carbonyl (C=O) groups is 1. The third-order valence-electron chi connectivity index (χ3n) is 2.86. The lowest BCUT2D eigenvalue weighted by Crippen LogP contribution is -2.24. The molecule has 0 bridgehead atoms. The largest absolute Gasteiger partial charge is 0.484 e. The van der Waals surface area contributed by atoms with Crippen LogP contribution in [0.4, 0.5) is 5.69 Å². The van der Waals surface area contributed by atoms with E-state index in [1.807, 2.05) is 36.4 Å². The van der Waals surface area contributed by atoms with Crippen LogP contribution in [0.15, 0.2) is 65.8 Å². The molecule has 0 saturated carbocycles. The lowest BCUT2D eigenvalue weighted by atomic mass is 10.2. The molecule has 0 aliphatic carbocycles. The van der Waals surface area contributed by atoms with Crippen molar-refractivity contribution in [2.45, 2.75) is 0 Å². The fraction of sp³-hybridized carbons (Fsp3) is 0.0588. The Balaban J connectivity index is 1.72. The molecule has 0 heterocycles. The van der Waals surface area contributed by atoms with Gasteiger partial charge in [0.15, 0.2) is 6.61 Å². The summed E-state index contributed by atoms with van der Waals surface area (Å²) < 4.78 is 5.20. The summed E-state index contributed by atoms with van der Waals surface area (Å²) in [7, 11) is 0. The fourth-order valence-corrected chi connectivity index (χ4v) is 1.72. The smallest absolute Gasteiger partial charge is 0.277 e. The Bertz CT molecular complexity index is 740. The summed E-state index contributed by atoms with van der Waals surface area (Å²) in [5.41, 5.74) is 3.30. The third kappa shape index (κ3) is 5.72. The molecule has 2 rings (SSSR count). The van der Waals surface area contributed by atoms with Crippen LogP contribution in [0, 0.1) is 10.1 Å². The number of hydrazone groups is 1. The van der Waals surface area contributed by atoms with Gasteiger partial charge >= 0.3 is 0 Å². The highest BCUT2D eigenvalue weighted by molar-refractivity contribution is 5.81. The number of nitrogens with one attached hydrogen (secondary N) is 1. The molecule has 0 spiro atoms. The van der Waals surface area contributed by atoms with Crippen molar-refractivity contribution in [3.05, 3.63) is 76.4 Å². The van der Waals surface area contributed by atoms with Crippen molar-refractivity contribution in [1.82, 2.24) is 5.43 Å². The molecule has 2 aromatic rings. The van der Waals surface area contributed by atoms with Crippen LogP contribution in [-0.2, 0) is 4.79 Å². The number of hydrogen-bond acceptors (Lipinski definition) is 5. The van der Waals surface area contributed by atoms with Crippen LogP contribution in [0.25, 0.3) is 6.08 Å². The minimum absolute atomic E-state index is 0.0402. The van der Waals surface area contributed by atoms with E-state index in [4.69, 9.17) is 4.74 Å². The van der Waals surface area contributed by atoms with Gasteiger partial charge in [0.05, 0.1) is 4.92 Å². The first-order valence-electron chi connectivity index (χ1n) is 7.06. The van der Waals surface area contributed by atoms with Gasteiger partial charge in [0, 0.05) is 18.3 Å². The lowest BCUT2D eigenvalue weighted by molar-refractivity contribution is -0.384. The molecule has 0 atom stereocenters. The van der Waals surface area contributed by atoms with Crippen LogP contribution < -0.4 is 10.2 Å². The van der Waals surface area contributed by atoms with Crippen molar-refractivity contribution in [3.63, 3.8) is 0 Å². The molecule has 2 aromatic carbocycles. The summed E-state index contributed by atoms with van der Waals surface area (Å²) in [6.45, 7) is -0.239. The van der Waals surface area contributed by atoms with Gasteiger partial charge in [-0.3, -0.25) is 14.9 Å². The van der Waals surface area contributed by atoms with Gasteiger partial charge in [-0.1, -0.05) is 36.4 Å². The van der Waals surface area contributed by atoms with Crippen molar-refractivity contribution >= 4 is 23.9 Å². The van der Waals surface area contributed by atoms with E-state index in [2.05, 4.69) is 10.5 Å². The van der Waals surface area contributed by atoms with Gasteiger partial charge in [-0.25, -0.2) is 5.43 Å². The maximum atomic E-state index is 11.5. The van der Waals surface area contributed by atoms with Crippen molar-refractivity contribution < 1.29 is 14.5 Å². The molecule has 122 valence electrons. The molecule has 0 radical (unpaired) electrons. The standard InChI is InChI=1S/C17H15N3O4/c21-17(13-24-16-10-8-15(9-11-16)20(22)23)19-18-12-4-7-14-5-2-1-3-6-14/h1-12H,13H2,(H,19,21)/b7-4+,18-12-. The Hall–Kier alpha value is -3.48. The maximum Gasteiger partial charge on any atom is 0.277 e. The van der Waals surface area contributed by atoms with Crippen LogP contribution in [0.3, 0.4) is 0 Å². The Labute approximate surface area is 138 Å². The van der Waals surface area contributed by atoms with Crippen LogP contribution in [0.1, 0.15) is 5.56 Å². The first kappa shape index (κ1) is 16.9.